The first-order chi connectivity index (χ1) is 12.7. The van der Waals surface area contributed by atoms with E-state index in [1.807, 2.05) is 54.2 Å². The van der Waals surface area contributed by atoms with E-state index in [4.69, 9.17) is 10.5 Å². The summed E-state index contributed by atoms with van der Waals surface area (Å²) in [6.07, 6.45) is 2.64. The molecule has 0 saturated heterocycles. The van der Waals surface area contributed by atoms with Gasteiger partial charge in [-0.2, -0.15) is 15.8 Å². The average Bonchev–Trinajstić information content (AvgIpc) is 3.30. The zero-order valence-corrected chi connectivity index (χ0v) is 14.2. The van der Waals surface area contributed by atoms with E-state index in [0.29, 0.717) is 10.8 Å². The van der Waals surface area contributed by atoms with Crippen LogP contribution in [0.25, 0.3) is 11.1 Å². The summed E-state index contributed by atoms with van der Waals surface area (Å²) in [5.74, 6) is 0. The quantitative estimate of drug-likeness (QED) is 0.791. The molecule has 0 amide bonds. The van der Waals surface area contributed by atoms with Crippen LogP contribution in [0.1, 0.15) is 17.1 Å². The highest BCUT2D eigenvalue weighted by Gasteiger charge is 2.10. The number of hydrogen-bond donors (Lipinski definition) is 1. The van der Waals surface area contributed by atoms with Crippen LogP contribution in [-0.4, -0.2) is 9.55 Å². The van der Waals surface area contributed by atoms with Gasteiger partial charge in [0.2, 0.25) is 0 Å². The lowest BCUT2D eigenvalue weighted by molar-refractivity contribution is 0.831. The maximum absolute atomic E-state index is 9.68. The number of nitriles is 3. The van der Waals surface area contributed by atoms with Crippen LogP contribution >= 0.6 is 0 Å². The topological polar surface area (TPSA) is 92.1 Å². The molecule has 3 rings (SSSR count). The summed E-state index contributed by atoms with van der Waals surface area (Å²) in [7, 11) is 1.94. The van der Waals surface area contributed by atoms with Crippen molar-refractivity contribution in [2.75, 3.05) is 0 Å². The van der Waals surface area contributed by atoms with Gasteiger partial charge in [0, 0.05) is 36.3 Å². The maximum Gasteiger partial charge on any atom is 0.136 e. The van der Waals surface area contributed by atoms with Gasteiger partial charge in [-0.3, -0.25) is 0 Å². The normalized spacial score (nSPS) is 9.77. The van der Waals surface area contributed by atoms with E-state index in [9.17, 15) is 5.26 Å². The van der Waals surface area contributed by atoms with E-state index in [-0.39, 0.29) is 5.57 Å². The predicted octanol–water partition coefficient (Wildman–Crippen LogP) is 1.86. The fraction of sp³-hybridized carbons (Fsp3) is 0.0952. The van der Waals surface area contributed by atoms with Crippen molar-refractivity contribution in [2.24, 2.45) is 7.05 Å². The van der Waals surface area contributed by atoms with Gasteiger partial charge < -0.3 is 9.55 Å². The molecule has 0 atom stereocenters. The number of nitrogens with one attached hydrogen (secondary N) is 1. The summed E-state index contributed by atoms with van der Waals surface area (Å²) in [5.41, 5.74) is 3.63. The Morgan fingerprint density at radius 2 is 1.62 bits per heavy atom. The highest BCUT2D eigenvalue weighted by Crippen LogP contribution is 2.17. The minimum absolute atomic E-state index is 0.0576. The summed E-state index contributed by atoms with van der Waals surface area (Å²) in [5, 5.41) is 28.9. The van der Waals surface area contributed by atoms with Gasteiger partial charge in [-0.1, -0.05) is 24.3 Å². The number of aromatic nitrogens is 2. The van der Waals surface area contributed by atoms with Crippen molar-refractivity contribution < 1.29 is 0 Å². The van der Waals surface area contributed by atoms with Crippen LogP contribution in [0.15, 0.2) is 54.7 Å². The molecule has 2 heterocycles. The number of hydrogen-bond acceptors (Lipinski definition) is 3. The zero-order valence-electron chi connectivity index (χ0n) is 14.2. The molecule has 0 spiro atoms. The van der Waals surface area contributed by atoms with E-state index in [2.05, 4.69) is 11.1 Å². The molecule has 3 aromatic rings. The van der Waals surface area contributed by atoms with Gasteiger partial charge in [0.1, 0.15) is 23.8 Å². The average molecular weight is 337 g/mol. The second kappa shape index (κ2) is 7.26. The van der Waals surface area contributed by atoms with Gasteiger partial charge in [0.25, 0.3) is 0 Å². The molecule has 1 aromatic carbocycles. The van der Waals surface area contributed by atoms with Gasteiger partial charge in [-0.15, -0.1) is 0 Å². The third-order valence-corrected chi connectivity index (χ3v) is 4.31. The van der Waals surface area contributed by atoms with Crippen LogP contribution < -0.4 is 10.4 Å². The molecule has 26 heavy (non-hydrogen) atoms. The molecule has 0 saturated carbocycles. The minimum Gasteiger partial charge on any atom is -0.365 e. The van der Waals surface area contributed by atoms with Crippen LogP contribution in [0.3, 0.4) is 0 Å². The molecule has 0 aliphatic heterocycles. The highest BCUT2D eigenvalue weighted by molar-refractivity contribution is 5.75. The van der Waals surface area contributed by atoms with E-state index < -0.39 is 0 Å². The van der Waals surface area contributed by atoms with Gasteiger partial charge >= 0.3 is 0 Å². The summed E-state index contributed by atoms with van der Waals surface area (Å²) < 4.78 is 2.01. The lowest BCUT2D eigenvalue weighted by Crippen LogP contribution is -2.14. The second-order valence-corrected chi connectivity index (χ2v) is 5.80. The maximum atomic E-state index is 9.68. The number of aromatic amines is 1. The smallest absolute Gasteiger partial charge is 0.136 e. The van der Waals surface area contributed by atoms with Crippen molar-refractivity contribution in [3.63, 3.8) is 0 Å². The standard InChI is InChI=1S/C21H15N5/c1-26-19(11-18-3-2-10-25-18)8-9-21(26)20(14-24)16-6-4-15(5-7-16)17(12-22)13-23/h2-10,25H,11H2,1H3. The molecule has 124 valence electrons. The molecule has 5 nitrogen and oxygen atoms in total. The van der Waals surface area contributed by atoms with Crippen LogP contribution in [0, 0.1) is 34.0 Å². The molecule has 0 aliphatic carbocycles. The van der Waals surface area contributed by atoms with Crippen molar-refractivity contribution in [1.29, 1.82) is 15.8 Å². The zero-order chi connectivity index (χ0) is 18.5. The number of benzene rings is 1. The second-order valence-electron chi connectivity index (χ2n) is 5.80. The van der Waals surface area contributed by atoms with Crippen LogP contribution in [-0.2, 0) is 13.5 Å². The Morgan fingerprint density at radius 3 is 2.19 bits per heavy atom. The van der Waals surface area contributed by atoms with Gasteiger partial charge in [-0.25, -0.2) is 0 Å². The minimum atomic E-state index is 0.0576. The highest BCUT2D eigenvalue weighted by atomic mass is 15.0. The number of rotatable bonds is 3. The van der Waals surface area contributed by atoms with E-state index in [0.717, 1.165) is 28.7 Å². The van der Waals surface area contributed by atoms with Gasteiger partial charge in [0.05, 0.1) is 11.3 Å². The molecule has 5 heteroatoms. The largest absolute Gasteiger partial charge is 0.365 e. The molecular formula is C21H15N5. The molecule has 2 aromatic heterocycles. The van der Waals surface area contributed by atoms with E-state index in [1.54, 1.807) is 24.3 Å². The van der Waals surface area contributed by atoms with Crippen LogP contribution in [0.4, 0.5) is 0 Å². The lowest BCUT2D eigenvalue weighted by Gasteiger charge is -2.07. The van der Waals surface area contributed by atoms with Crippen molar-refractivity contribution >= 4 is 11.1 Å². The molecule has 0 bridgehead atoms. The molecular weight excluding hydrogens is 322 g/mol. The first-order valence-electron chi connectivity index (χ1n) is 8.00. The molecule has 0 radical (unpaired) electrons. The molecule has 0 unspecified atom stereocenters. The summed E-state index contributed by atoms with van der Waals surface area (Å²) in [6.45, 7) is 0. The number of nitrogens with zero attached hydrogens (tertiary/aromatic N) is 4. The van der Waals surface area contributed by atoms with E-state index in [1.165, 1.54) is 0 Å². The predicted molar refractivity (Wildman–Crippen MR) is 97.5 cm³/mol. The monoisotopic (exact) mass is 337 g/mol. The first kappa shape index (κ1) is 16.8. The Hall–Kier alpha value is -4.01. The summed E-state index contributed by atoms with van der Waals surface area (Å²) in [6, 6.07) is 20.9. The third kappa shape index (κ3) is 3.13. The van der Waals surface area contributed by atoms with Gasteiger partial charge in [-0.05, 0) is 29.5 Å². The Kier molecular flexibility index (Phi) is 4.70. The Labute approximate surface area is 151 Å². The Balaban J connectivity index is 2.08. The Bertz CT molecular complexity index is 1150. The molecule has 1 N–H and O–H groups in total. The van der Waals surface area contributed by atoms with Crippen molar-refractivity contribution in [1.82, 2.24) is 9.55 Å². The van der Waals surface area contributed by atoms with Crippen molar-refractivity contribution in [3.8, 4) is 18.2 Å². The molecule has 0 fully saturated rings. The Morgan fingerprint density at radius 1 is 0.923 bits per heavy atom. The summed E-state index contributed by atoms with van der Waals surface area (Å²) >= 11 is 0. The summed E-state index contributed by atoms with van der Waals surface area (Å²) in [4.78, 5) is 3.18. The van der Waals surface area contributed by atoms with Crippen molar-refractivity contribution in [3.05, 3.63) is 82.2 Å². The third-order valence-electron chi connectivity index (χ3n) is 4.31. The SMILES string of the molecule is Cn1c(Cc2ccc[nH]2)ccc1C(C#N)=c1ccc(=C(C#N)C#N)cc1. The number of H-pyrrole nitrogens is 1. The fourth-order valence-electron chi connectivity index (χ4n) is 2.88. The molecule has 0 aliphatic rings. The fourth-order valence-corrected chi connectivity index (χ4v) is 2.88. The van der Waals surface area contributed by atoms with Crippen LogP contribution in [0.2, 0.25) is 0 Å². The lowest BCUT2D eigenvalue weighted by atomic mass is 10.1. The van der Waals surface area contributed by atoms with Gasteiger partial charge in [0.15, 0.2) is 0 Å². The van der Waals surface area contributed by atoms with Crippen molar-refractivity contribution in [2.45, 2.75) is 6.42 Å². The first-order valence-corrected chi connectivity index (χ1v) is 8.00. The van der Waals surface area contributed by atoms with E-state index >= 15 is 0 Å². The van der Waals surface area contributed by atoms with Crippen LogP contribution in [0.5, 0.6) is 0 Å².